The molecule has 0 radical (unpaired) electrons. The maximum Gasteiger partial charge on any atom is 0.319 e. The van der Waals surface area contributed by atoms with E-state index in [1.165, 1.54) is 12.1 Å². The summed E-state index contributed by atoms with van der Waals surface area (Å²) in [7, 11) is 0. The van der Waals surface area contributed by atoms with Gasteiger partial charge in [0, 0.05) is 6.54 Å². The zero-order chi connectivity index (χ0) is 15.1. The highest BCUT2D eigenvalue weighted by atomic mass is 35.5. The molecular weight excluding hydrogens is 283 g/mol. The van der Waals surface area contributed by atoms with Crippen molar-refractivity contribution >= 4 is 23.3 Å². The van der Waals surface area contributed by atoms with E-state index in [0.29, 0.717) is 5.69 Å². The Morgan fingerprint density at radius 2 is 2.05 bits per heavy atom. The average Bonchev–Trinajstić information content (AvgIpc) is 2.41. The van der Waals surface area contributed by atoms with Crippen molar-refractivity contribution in [2.75, 3.05) is 11.9 Å². The first-order valence-corrected chi connectivity index (χ1v) is 7.03. The van der Waals surface area contributed by atoms with Crippen LogP contribution in [0.2, 0.25) is 5.02 Å². The molecule has 0 aliphatic rings. The van der Waals surface area contributed by atoms with Crippen molar-refractivity contribution in [2.24, 2.45) is 5.92 Å². The SMILES string of the molecule is CCC(CC)C(O)CNC(=O)Nc1ccc(F)cc1Cl. The predicted octanol–water partition coefficient (Wildman–Crippen LogP) is 3.40. The fourth-order valence-corrected chi connectivity index (χ4v) is 2.17. The number of carbonyl (C=O) groups is 1. The van der Waals surface area contributed by atoms with Crippen molar-refractivity contribution < 1.29 is 14.3 Å². The molecule has 1 aromatic carbocycles. The molecular formula is C14H20ClFN2O2. The Balaban J connectivity index is 2.48. The lowest BCUT2D eigenvalue weighted by atomic mass is 9.97. The first-order chi connectivity index (χ1) is 9.47. The Kier molecular flexibility index (Phi) is 6.75. The zero-order valence-electron chi connectivity index (χ0n) is 11.6. The van der Waals surface area contributed by atoms with Crippen LogP contribution in [0.1, 0.15) is 26.7 Å². The Bertz CT molecular complexity index is 453. The number of hydrogen-bond acceptors (Lipinski definition) is 2. The van der Waals surface area contributed by atoms with E-state index in [0.717, 1.165) is 18.9 Å². The number of amides is 2. The smallest absolute Gasteiger partial charge is 0.319 e. The molecule has 0 bridgehead atoms. The highest BCUT2D eigenvalue weighted by Crippen LogP contribution is 2.22. The summed E-state index contributed by atoms with van der Waals surface area (Å²) in [6.45, 7) is 4.16. The maximum absolute atomic E-state index is 12.9. The van der Waals surface area contributed by atoms with E-state index in [1.807, 2.05) is 13.8 Å². The van der Waals surface area contributed by atoms with Gasteiger partial charge in [-0.1, -0.05) is 38.3 Å². The van der Waals surface area contributed by atoms with Gasteiger partial charge in [-0.2, -0.15) is 0 Å². The first kappa shape index (κ1) is 16.7. The molecule has 1 atom stereocenters. The predicted molar refractivity (Wildman–Crippen MR) is 78.5 cm³/mol. The number of carbonyl (C=O) groups excluding carboxylic acids is 1. The number of rotatable bonds is 6. The second kappa shape index (κ2) is 8.07. The summed E-state index contributed by atoms with van der Waals surface area (Å²) in [6.07, 6.45) is 1.12. The van der Waals surface area contributed by atoms with Gasteiger partial charge in [0.25, 0.3) is 0 Å². The molecule has 0 aliphatic carbocycles. The van der Waals surface area contributed by atoms with Crippen molar-refractivity contribution in [3.63, 3.8) is 0 Å². The summed E-state index contributed by atoms with van der Waals surface area (Å²) in [4.78, 5) is 11.7. The molecule has 4 nitrogen and oxygen atoms in total. The molecule has 1 aromatic rings. The lowest BCUT2D eigenvalue weighted by Gasteiger charge is -2.20. The van der Waals surface area contributed by atoms with Gasteiger partial charge in [-0.15, -0.1) is 0 Å². The molecule has 0 heterocycles. The highest BCUT2D eigenvalue weighted by Gasteiger charge is 2.16. The number of aliphatic hydroxyl groups excluding tert-OH is 1. The second-order valence-electron chi connectivity index (χ2n) is 4.60. The van der Waals surface area contributed by atoms with Crippen molar-refractivity contribution in [1.82, 2.24) is 5.32 Å². The first-order valence-electron chi connectivity index (χ1n) is 6.65. The Morgan fingerprint density at radius 1 is 1.40 bits per heavy atom. The summed E-state index contributed by atoms with van der Waals surface area (Å²) in [6, 6.07) is 3.23. The van der Waals surface area contributed by atoms with Gasteiger partial charge in [0.1, 0.15) is 5.82 Å². The fraction of sp³-hybridized carbons (Fsp3) is 0.500. The lowest BCUT2D eigenvalue weighted by Crippen LogP contribution is -2.38. The molecule has 0 aromatic heterocycles. The standard InChI is InChI=1S/C14H20ClFN2O2/c1-3-9(4-2)13(19)8-17-14(20)18-12-6-5-10(16)7-11(12)15/h5-7,9,13,19H,3-4,8H2,1-2H3,(H2,17,18,20). The van der Waals surface area contributed by atoms with Crippen LogP contribution >= 0.6 is 11.6 Å². The van der Waals surface area contributed by atoms with Crippen LogP contribution in [0.4, 0.5) is 14.9 Å². The summed E-state index contributed by atoms with van der Waals surface area (Å²) in [5, 5.41) is 15.1. The van der Waals surface area contributed by atoms with Crippen molar-refractivity contribution in [3.05, 3.63) is 29.0 Å². The monoisotopic (exact) mass is 302 g/mol. The van der Waals surface area contributed by atoms with Gasteiger partial charge in [0.2, 0.25) is 0 Å². The normalized spacial score (nSPS) is 12.3. The van der Waals surface area contributed by atoms with Crippen molar-refractivity contribution in [1.29, 1.82) is 0 Å². The molecule has 0 spiro atoms. The minimum atomic E-state index is -0.584. The minimum Gasteiger partial charge on any atom is -0.391 e. The van der Waals surface area contributed by atoms with Crippen LogP contribution in [0.15, 0.2) is 18.2 Å². The molecule has 0 fully saturated rings. The summed E-state index contributed by atoms with van der Waals surface area (Å²) in [5.74, 6) is -0.310. The molecule has 0 saturated heterocycles. The Hall–Kier alpha value is -1.33. The number of hydrogen-bond donors (Lipinski definition) is 3. The van der Waals surface area contributed by atoms with Crippen LogP contribution in [0.3, 0.4) is 0 Å². The molecule has 3 N–H and O–H groups in total. The van der Waals surface area contributed by atoms with Gasteiger partial charge in [0.05, 0.1) is 16.8 Å². The quantitative estimate of drug-likeness (QED) is 0.754. The average molecular weight is 303 g/mol. The summed E-state index contributed by atoms with van der Waals surface area (Å²) < 4.78 is 12.9. The van der Waals surface area contributed by atoms with Gasteiger partial charge >= 0.3 is 6.03 Å². The molecule has 1 rings (SSSR count). The van der Waals surface area contributed by atoms with Gasteiger partial charge in [-0.3, -0.25) is 0 Å². The Morgan fingerprint density at radius 3 is 2.60 bits per heavy atom. The number of anilines is 1. The maximum atomic E-state index is 12.9. The van der Waals surface area contributed by atoms with Crippen molar-refractivity contribution in [2.45, 2.75) is 32.8 Å². The molecule has 20 heavy (non-hydrogen) atoms. The summed E-state index contributed by atoms with van der Waals surface area (Å²) in [5.41, 5.74) is 0.322. The molecule has 112 valence electrons. The van der Waals surface area contributed by atoms with Crippen LogP contribution in [0, 0.1) is 11.7 Å². The summed E-state index contributed by atoms with van der Waals surface area (Å²) >= 11 is 5.80. The number of aliphatic hydroxyl groups is 1. The number of urea groups is 1. The van der Waals surface area contributed by atoms with Gasteiger partial charge in [-0.25, -0.2) is 9.18 Å². The van der Waals surface area contributed by atoms with E-state index >= 15 is 0 Å². The van der Waals surface area contributed by atoms with Crippen molar-refractivity contribution in [3.8, 4) is 0 Å². The van der Waals surface area contributed by atoms with Crippen LogP contribution in [-0.4, -0.2) is 23.8 Å². The molecule has 2 amide bonds. The zero-order valence-corrected chi connectivity index (χ0v) is 12.4. The van der Waals surface area contributed by atoms with Crippen LogP contribution in [0.25, 0.3) is 0 Å². The van der Waals surface area contributed by atoms with E-state index in [9.17, 15) is 14.3 Å². The third-order valence-corrected chi connectivity index (χ3v) is 3.56. The number of nitrogens with one attached hydrogen (secondary N) is 2. The van der Waals surface area contributed by atoms with E-state index in [4.69, 9.17) is 11.6 Å². The molecule has 1 unspecified atom stereocenters. The minimum absolute atomic E-state index is 0.126. The van der Waals surface area contributed by atoms with E-state index < -0.39 is 18.0 Å². The fourth-order valence-electron chi connectivity index (χ4n) is 1.95. The lowest BCUT2D eigenvalue weighted by molar-refractivity contribution is 0.104. The third kappa shape index (κ3) is 4.98. The van der Waals surface area contributed by atoms with Crippen LogP contribution < -0.4 is 10.6 Å². The largest absolute Gasteiger partial charge is 0.391 e. The van der Waals surface area contributed by atoms with Crippen LogP contribution in [0.5, 0.6) is 0 Å². The molecule has 0 aliphatic heterocycles. The van der Waals surface area contributed by atoms with Gasteiger partial charge < -0.3 is 15.7 Å². The van der Waals surface area contributed by atoms with E-state index in [2.05, 4.69) is 10.6 Å². The molecule has 6 heteroatoms. The van der Waals surface area contributed by atoms with Gasteiger partial charge in [0.15, 0.2) is 0 Å². The topological polar surface area (TPSA) is 61.4 Å². The van der Waals surface area contributed by atoms with Gasteiger partial charge in [-0.05, 0) is 24.1 Å². The van der Waals surface area contributed by atoms with E-state index in [-0.39, 0.29) is 17.5 Å². The second-order valence-corrected chi connectivity index (χ2v) is 5.01. The Labute approximate surface area is 123 Å². The van der Waals surface area contributed by atoms with Crippen LogP contribution in [-0.2, 0) is 0 Å². The number of benzene rings is 1. The molecule has 0 saturated carbocycles. The number of halogens is 2. The highest BCUT2D eigenvalue weighted by molar-refractivity contribution is 6.33. The van der Waals surface area contributed by atoms with E-state index in [1.54, 1.807) is 0 Å². The third-order valence-electron chi connectivity index (χ3n) is 3.24.